The summed E-state index contributed by atoms with van der Waals surface area (Å²) in [5, 5.41) is 0. The van der Waals surface area contributed by atoms with Crippen molar-refractivity contribution in [2.24, 2.45) is 0 Å². The molecule has 0 aromatic rings. The van der Waals surface area contributed by atoms with Crippen molar-refractivity contribution in [2.75, 3.05) is 0 Å². The summed E-state index contributed by atoms with van der Waals surface area (Å²) in [6.45, 7) is 0. The maximum absolute atomic E-state index is 11.0. The van der Waals surface area contributed by atoms with Crippen LogP contribution in [0.4, 0.5) is 13.2 Å². The molecule has 0 heterocycles. The van der Waals surface area contributed by atoms with Gasteiger partial charge < -0.3 is 14.7 Å². The molecular weight excluding hydrogens is 314 g/mol. The van der Waals surface area contributed by atoms with Crippen molar-refractivity contribution in [1.29, 1.82) is 0 Å². The van der Waals surface area contributed by atoms with Gasteiger partial charge in [-0.25, -0.2) is 4.57 Å². The molecule has 4 nitrogen and oxygen atoms in total. The van der Waals surface area contributed by atoms with Crippen molar-refractivity contribution in [1.82, 2.24) is 0 Å². The summed E-state index contributed by atoms with van der Waals surface area (Å²) >= 11 is 6.68. The maximum atomic E-state index is 11.0. The summed E-state index contributed by atoms with van der Waals surface area (Å²) in [6.07, 6.45) is -4.32. The third kappa shape index (κ3) is 31.6. The molecule has 0 aliphatic rings. The summed E-state index contributed by atoms with van der Waals surface area (Å²) in [7, 11) is -4.64. The van der Waals surface area contributed by atoms with Crippen LogP contribution in [-0.4, -0.2) is 54.7 Å². The topological polar surface area (TPSA) is 77.8 Å². The second kappa shape index (κ2) is 7.90. The van der Waals surface area contributed by atoms with Gasteiger partial charge in [-0.3, -0.25) is 0 Å². The van der Waals surface area contributed by atoms with Gasteiger partial charge in [0.05, 0.1) is 0 Å². The van der Waals surface area contributed by atoms with E-state index in [1.165, 1.54) is 0 Å². The van der Waals surface area contributed by atoms with Gasteiger partial charge in [0.2, 0.25) is 0 Å². The van der Waals surface area contributed by atoms with Crippen molar-refractivity contribution in [3.8, 4) is 0 Å². The first-order valence-electron chi connectivity index (χ1n) is 2.07. The molecule has 1 atom stereocenters. The zero-order valence-corrected chi connectivity index (χ0v) is 8.40. The van der Waals surface area contributed by atoms with Crippen LogP contribution in [-0.2, 0) is 4.57 Å². The second-order valence-electron chi connectivity index (χ2n) is 1.36. The molecule has 78 valence electrons. The minimum atomic E-state index is -4.64. The van der Waals surface area contributed by atoms with Crippen LogP contribution < -0.4 is 0 Å². The third-order valence-corrected chi connectivity index (χ3v) is 1.01. The molecule has 13 heavy (non-hydrogen) atoms. The Labute approximate surface area is 107 Å². The van der Waals surface area contributed by atoms with E-state index in [4.69, 9.17) is 19.2 Å². The average Bonchev–Trinajstić information content (AvgIpc) is 1.55. The molecule has 0 aromatic heterocycles. The van der Waals surface area contributed by atoms with E-state index in [0.29, 0.717) is 0 Å². The molecule has 0 amide bonds. The summed E-state index contributed by atoms with van der Waals surface area (Å²) in [4.78, 5) is 21.6. The predicted octanol–water partition coefficient (Wildman–Crippen LogP) is 0.931. The van der Waals surface area contributed by atoms with Gasteiger partial charge in [-0.05, 0) is 0 Å². The Morgan fingerprint density at radius 1 is 1.31 bits per heavy atom. The molecule has 1 unspecified atom stereocenters. The van der Waals surface area contributed by atoms with E-state index in [2.05, 4.69) is 27.5 Å². The van der Waals surface area contributed by atoms with Crippen molar-refractivity contribution >= 4 is 64.9 Å². The molecule has 0 radical (unpaired) electrons. The van der Waals surface area contributed by atoms with Crippen molar-refractivity contribution < 1.29 is 32.4 Å². The molecule has 0 saturated carbocycles. The molecular formula is C2H5BrClF3NaO4P. The Bertz CT molecular complexity index is 163. The van der Waals surface area contributed by atoms with Crippen LogP contribution in [0.5, 0.6) is 0 Å². The molecule has 0 bridgehead atoms. The summed E-state index contributed by atoms with van der Waals surface area (Å²) < 4.78 is 40.0. The van der Waals surface area contributed by atoms with Crippen LogP contribution in [0.25, 0.3) is 0 Å². The summed E-state index contributed by atoms with van der Waals surface area (Å²) in [5.41, 5.74) is 0. The van der Waals surface area contributed by atoms with Crippen LogP contribution in [0.1, 0.15) is 0 Å². The van der Waals surface area contributed by atoms with Crippen LogP contribution in [0.15, 0.2) is 0 Å². The Morgan fingerprint density at radius 3 is 1.38 bits per heavy atom. The Hall–Kier alpha value is 1.67. The first kappa shape index (κ1) is 20.1. The Kier molecular flexibility index (Phi) is 12.2. The normalized spacial score (nSPS) is 13.5. The number of halogens is 5. The quantitative estimate of drug-likeness (QED) is 0.353. The average molecular weight is 319 g/mol. The van der Waals surface area contributed by atoms with E-state index >= 15 is 0 Å². The summed E-state index contributed by atoms with van der Waals surface area (Å²) in [5.74, 6) is 0. The molecule has 0 aliphatic heterocycles. The van der Waals surface area contributed by atoms with Gasteiger partial charge in [-0.15, -0.1) is 11.6 Å². The van der Waals surface area contributed by atoms with Gasteiger partial charge in [-0.1, -0.05) is 15.9 Å². The van der Waals surface area contributed by atoms with E-state index in [1.54, 1.807) is 0 Å². The van der Waals surface area contributed by atoms with Gasteiger partial charge in [-0.2, -0.15) is 13.2 Å². The molecule has 0 saturated heterocycles. The zero-order chi connectivity index (χ0) is 10.6. The van der Waals surface area contributed by atoms with Crippen LogP contribution in [0.3, 0.4) is 0 Å². The molecule has 0 rings (SSSR count). The van der Waals surface area contributed by atoms with E-state index in [0.717, 1.165) is 0 Å². The fourth-order valence-corrected chi connectivity index (χ4v) is 0. The molecule has 11 heteroatoms. The molecule has 0 aromatic carbocycles. The second-order valence-corrected chi connectivity index (χ2v) is 4.26. The first-order valence-corrected chi connectivity index (χ1v) is 4.99. The van der Waals surface area contributed by atoms with Gasteiger partial charge in [0.1, 0.15) is 0 Å². The van der Waals surface area contributed by atoms with Crippen molar-refractivity contribution in [3.63, 3.8) is 0 Å². The van der Waals surface area contributed by atoms with E-state index in [1.807, 2.05) is 0 Å². The molecule has 0 spiro atoms. The van der Waals surface area contributed by atoms with Crippen LogP contribution >= 0.6 is 35.4 Å². The first-order chi connectivity index (χ1) is 4.94. The fourth-order valence-electron chi connectivity index (χ4n) is 0. The van der Waals surface area contributed by atoms with Gasteiger partial charge >= 0.3 is 43.6 Å². The zero-order valence-electron chi connectivity index (χ0n) is 5.16. The van der Waals surface area contributed by atoms with Crippen LogP contribution in [0, 0.1) is 0 Å². The number of rotatable bonds is 0. The SMILES string of the molecule is FC(F)(F)C(Cl)Br.O=P(O)(O)O.[NaH]. The van der Waals surface area contributed by atoms with E-state index < -0.39 is 18.3 Å². The number of hydrogen-bond acceptors (Lipinski definition) is 1. The molecule has 0 aliphatic carbocycles. The standard InChI is InChI=1S/C2HBrClF3.Na.H3O4P.H/c3-1(4)2(5,6)7;;1-5(2,3)4;/h1H;;(H3,1,2,3,4);. The number of hydrogen-bond donors (Lipinski definition) is 3. The van der Waals surface area contributed by atoms with Gasteiger partial charge in [0, 0.05) is 0 Å². The van der Waals surface area contributed by atoms with Gasteiger partial charge in [0.25, 0.3) is 0 Å². The minimum absolute atomic E-state index is 0. The molecule has 3 N–H and O–H groups in total. The van der Waals surface area contributed by atoms with E-state index in [-0.39, 0.29) is 29.6 Å². The van der Waals surface area contributed by atoms with Gasteiger partial charge in [0.15, 0.2) is 4.29 Å². The molecule has 0 fully saturated rings. The van der Waals surface area contributed by atoms with Crippen molar-refractivity contribution in [3.05, 3.63) is 0 Å². The van der Waals surface area contributed by atoms with Crippen LogP contribution in [0.2, 0.25) is 0 Å². The van der Waals surface area contributed by atoms with E-state index in [9.17, 15) is 13.2 Å². The number of phosphoric acid groups is 1. The number of alkyl halides is 5. The fraction of sp³-hybridized carbons (Fsp3) is 1.00. The summed E-state index contributed by atoms with van der Waals surface area (Å²) in [6, 6.07) is 0. The Balaban J connectivity index is -0.000000150. The van der Waals surface area contributed by atoms with Crippen molar-refractivity contribution in [2.45, 2.75) is 10.5 Å². The third-order valence-electron chi connectivity index (χ3n) is 0.247. The Morgan fingerprint density at radius 2 is 1.38 bits per heavy atom. The monoisotopic (exact) mass is 318 g/mol. The predicted molar refractivity (Wildman–Crippen MR) is 46.0 cm³/mol.